The van der Waals surface area contributed by atoms with Crippen molar-refractivity contribution >= 4 is 6.03 Å². The molecule has 1 saturated heterocycles. The lowest BCUT2D eigenvalue weighted by Crippen LogP contribution is -2.41. The molecule has 5 nitrogen and oxygen atoms in total. The van der Waals surface area contributed by atoms with Crippen LogP contribution < -0.4 is 15.4 Å². The number of carbonyl (C=O) groups is 1. The van der Waals surface area contributed by atoms with Crippen LogP contribution in [0.2, 0.25) is 0 Å². The Kier molecular flexibility index (Phi) is 6.29. The van der Waals surface area contributed by atoms with Gasteiger partial charge in [0.2, 0.25) is 0 Å². The van der Waals surface area contributed by atoms with Crippen LogP contribution in [0.1, 0.15) is 18.0 Å². The molecule has 2 amide bonds. The molecule has 2 aromatic carbocycles. The first-order chi connectivity index (χ1) is 12.3. The smallest absolute Gasteiger partial charge is 0.315 e. The lowest BCUT2D eigenvalue weighted by molar-refractivity contribution is 0.184. The fourth-order valence-corrected chi connectivity index (χ4v) is 2.79. The molecule has 5 heteroatoms. The number of amides is 2. The molecule has 0 saturated carbocycles. The van der Waals surface area contributed by atoms with Crippen LogP contribution >= 0.6 is 0 Å². The molecule has 1 aliphatic heterocycles. The predicted octanol–water partition coefficient (Wildman–Crippen LogP) is 3.14. The molecule has 3 rings (SSSR count). The van der Waals surface area contributed by atoms with E-state index in [1.54, 1.807) is 0 Å². The van der Waals surface area contributed by atoms with E-state index < -0.39 is 0 Å². The van der Waals surface area contributed by atoms with Crippen LogP contribution in [0, 0.1) is 5.92 Å². The minimum Gasteiger partial charge on any atom is -0.491 e. The van der Waals surface area contributed by atoms with E-state index >= 15 is 0 Å². The maximum atomic E-state index is 12.3. The summed E-state index contributed by atoms with van der Waals surface area (Å²) in [6, 6.07) is 19.1. The fourth-order valence-electron chi connectivity index (χ4n) is 2.79. The van der Waals surface area contributed by atoms with E-state index in [-0.39, 0.29) is 12.1 Å². The molecule has 0 unspecified atom stereocenters. The number of rotatable bonds is 7. The van der Waals surface area contributed by atoms with Gasteiger partial charge >= 0.3 is 6.03 Å². The second-order valence-electron chi connectivity index (χ2n) is 6.17. The molecular formula is C20H24N2O3. The third-order valence-electron chi connectivity index (χ3n) is 4.24. The lowest BCUT2D eigenvalue weighted by Gasteiger charge is -2.21. The molecule has 2 aromatic rings. The molecule has 0 aliphatic carbocycles. The highest BCUT2D eigenvalue weighted by Crippen LogP contribution is 2.16. The first kappa shape index (κ1) is 17.3. The Bertz CT molecular complexity index is 643. The Labute approximate surface area is 148 Å². The highest BCUT2D eigenvalue weighted by atomic mass is 16.5. The topological polar surface area (TPSA) is 59.6 Å². The highest BCUT2D eigenvalue weighted by Gasteiger charge is 2.19. The maximum Gasteiger partial charge on any atom is 0.315 e. The standard InChI is InChI=1S/C20H24N2O3/c23-20(21-13-16-11-12-24-14-16)22-19(17-7-3-1-4-8-17)15-25-18-9-5-2-6-10-18/h1-10,16,19H,11-15H2,(H2,21,22,23)/t16-,19-/m0/s1. The number of carbonyl (C=O) groups excluding carboxylic acids is 1. The van der Waals surface area contributed by atoms with E-state index in [4.69, 9.17) is 9.47 Å². The van der Waals surface area contributed by atoms with Gasteiger partial charge in [-0.1, -0.05) is 48.5 Å². The van der Waals surface area contributed by atoms with E-state index in [1.807, 2.05) is 60.7 Å². The zero-order valence-electron chi connectivity index (χ0n) is 14.2. The summed E-state index contributed by atoms with van der Waals surface area (Å²) in [6.45, 7) is 2.51. The fraction of sp³-hybridized carbons (Fsp3) is 0.350. The quantitative estimate of drug-likeness (QED) is 0.814. The monoisotopic (exact) mass is 340 g/mol. The number of benzene rings is 2. The third kappa shape index (κ3) is 5.50. The number of nitrogens with one attached hydrogen (secondary N) is 2. The van der Waals surface area contributed by atoms with Crippen molar-refractivity contribution in [3.05, 3.63) is 66.2 Å². The van der Waals surface area contributed by atoms with Gasteiger partial charge in [0.25, 0.3) is 0 Å². The molecule has 0 bridgehead atoms. The number of hydrogen-bond acceptors (Lipinski definition) is 3. The molecule has 25 heavy (non-hydrogen) atoms. The van der Waals surface area contributed by atoms with Gasteiger partial charge in [-0.2, -0.15) is 0 Å². The van der Waals surface area contributed by atoms with Crippen LogP contribution in [0.3, 0.4) is 0 Å². The van der Waals surface area contributed by atoms with E-state index in [1.165, 1.54) is 0 Å². The molecule has 0 spiro atoms. The van der Waals surface area contributed by atoms with Crippen molar-refractivity contribution in [1.82, 2.24) is 10.6 Å². The average Bonchev–Trinajstić information content (AvgIpc) is 3.18. The number of para-hydroxylation sites is 1. The normalized spacial score (nSPS) is 17.7. The van der Waals surface area contributed by atoms with Gasteiger partial charge in [0.15, 0.2) is 0 Å². The maximum absolute atomic E-state index is 12.3. The van der Waals surface area contributed by atoms with Crippen molar-refractivity contribution in [2.45, 2.75) is 12.5 Å². The number of ether oxygens (including phenoxy) is 2. The Morgan fingerprint density at radius 3 is 2.52 bits per heavy atom. The summed E-state index contributed by atoms with van der Waals surface area (Å²) in [7, 11) is 0. The molecule has 1 aliphatic rings. The van der Waals surface area contributed by atoms with Crippen LogP contribution in [0.5, 0.6) is 5.75 Å². The Morgan fingerprint density at radius 2 is 1.84 bits per heavy atom. The summed E-state index contributed by atoms with van der Waals surface area (Å²) in [4.78, 5) is 12.3. The van der Waals surface area contributed by atoms with Crippen LogP contribution in [0.4, 0.5) is 4.79 Å². The van der Waals surface area contributed by atoms with Gasteiger partial charge in [0, 0.05) is 19.1 Å². The van der Waals surface area contributed by atoms with Crippen LogP contribution in [0.15, 0.2) is 60.7 Å². The van der Waals surface area contributed by atoms with Gasteiger partial charge in [-0.3, -0.25) is 0 Å². The molecule has 132 valence electrons. The van der Waals surface area contributed by atoms with Crippen LogP contribution in [0.25, 0.3) is 0 Å². The van der Waals surface area contributed by atoms with Crippen LogP contribution in [-0.4, -0.2) is 32.4 Å². The molecule has 1 fully saturated rings. The molecule has 0 radical (unpaired) electrons. The van der Waals surface area contributed by atoms with E-state index in [2.05, 4.69) is 10.6 Å². The highest BCUT2D eigenvalue weighted by molar-refractivity contribution is 5.74. The first-order valence-electron chi connectivity index (χ1n) is 8.66. The lowest BCUT2D eigenvalue weighted by atomic mass is 10.1. The second kappa shape index (κ2) is 9.08. The molecule has 2 N–H and O–H groups in total. The SMILES string of the molecule is O=C(NC[C@@H]1CCOC1)N[C@@H](COc1ccccc1)c1ccccc1. The van der Waals surface area contributed by atoms with Crippen molar-refractivity contribution in [3.8, 4) is 5.75 Å². The second-order valence-corrected chi connectivity index (χ2v) is 6.17. The third-order valence-corrected chi connectivity index (χ3v) is 4.24. The van der Waals surface area contributed by atoms with Gasteiger partial charge in [-0.25, -0.2) is 4.79 Å². The summed E-state index contributed by atoms with van der Waals surface area (Å²) in [5, 5.41) is 5.95. The van der Waals surface area contributed by atoms with Crippen molar-refractivity contribution in [3.63, 3.8) is 0 Å². The Hall–Kier alpha value is -2.53. The Balaban J connectivity index is 1.56. The van der Waals surface area contributed by atoms with Gasteiger partial charge in [0.05, 0.1) is 12.6 Å². The first-order valence-corrected chi connectivity index (χ1v) is 8.66. The van der Waals surface area contributed by atoms with Crippen molar-refractivity contribution in [1.29, 1.82) is 0 Å². The van der Waals surface area contributed by atoms with Crippen LogP contribution in [-0.2, 0) is 4.74 Å². The van der Waals surface area contributed by atoms with E-state index in [0.29, 0.717) is 19.1 Å². The van der Waals surface area contributed by atoms with Crippen molar-refractivity contribution in [2.75, 3.05) is 26.4 Å². The minimum atomic E-state index is -0.221. The van der Waals surface area contributed by atoms with Crippen molar-refractivity contribution < 1.29 is 14.3 Å². The molecule has 1 heterocycles. The summed E-state index contributed by atoms with van der Waals surface area (Å²) in [5.41, 5.74) is 1.01. The van der Waals surface area contributed by atoms with E-state index in [0.717, 1.165) is 30.9 Å². The number of urea groups is 1. The zero-order chi connectivity index (χ0) is 17.3. The summed E-state index contributed by atoms with van der Waals surface area (Å²) in [5.74, 6) is 1.19. The van der Waals surface area contributed by atoms with Gasteiger partial charge in [0.1, 0.15) is 12.4 Å². The summed E-state index contributed by atoms with van der Waals surface area (Å²) >= 11 is 0. The minimum absolute atomic E-state index is 0.183. The average molecular weight is 340 g/mol. The predicted molar refractivity (Wildman–Crippen MR) is 96.6 cm³/mol. The summed E-state index contributed by atoms with van der Waals surface area (Å²) in [6.07, 6.45) is 1.000. The molecule has 2 atom stereocenters. The number of hydrogen-bond donors (Lipinski definition) is 2. The molecule has 0 aromatic heterocycles. The van der Waals surface area contributed by atoms with E-state index in [9.17, 15) is 4.79 Å². The van der Waals surface area contributed by atoms with Gasteiger partial charge < -0.3 is 20.1 Å². The summed E-state index contributed by atoms with van der Waals surface area (Å²) < 4.78 is 11.2. The molecular weight excluding hydrogens is 316 g/mol. The van der Waals surface area contributed by atoms with Gasteiger partial charge in [-0.15, -0.1) is 0 Å². The van der Waals surface area contributed by atoms with Gasteiger partial charge in [-0.05, 0) is 24.1 Å². The largest absolute Gasteiger partial charge is 0.491 e. The Morgan fingerprint density at radius 1 is 1.12 bits per heavy atom. The zero-order valence-corrected chi connectivity index (χ0v) is 14.2. The van der Waals surface area contributed by atoms with Crippen molar-refractivity contribution in [2.24, 2.45) is 5.92 Å².